The summed E-state index contributed by atoms with van der Waals surface area (Å²) in [6.07, 6.45) is 8.66. The monoisotopic (exact) mass is 834 g/mol. The van der Waals surface area contributed by atoms with Crippen molar-refractivity contribution in [1.82, 2.24) is 49.9 Å². The maximum atomic E-state index is 14.0. The zero-order chi connectivity index (χ0) is 42.1. The molecular weight excluding hydrogens is 789 g/mol. The third-order valence-electron chi connectivity index (χ3n) is 11.3. The van der Waals surface area contributed by atoms with Crippen molar-refractivity contribution in [1.29, 1.82) is 0 Å². The molecule has 4 amide bonds. The summed E-state index contributed by atoms with van der Waals surface area (Å²) in [4.78, 5) is 88.5. The highest BCUT2D eigenvalue weighted by Gasteiger charge is 2.39. The van der Waals surface area contributed by atoms with Crippen molar-refractivity contribution >= 4 is 45.6 Å². The lowest BCUT2D eigenvalue weighted by Crippen LogP contribution is -2.51. The van der Waals surface area contributed by atoms with E-state index in [0.717, 1.165) is 34.3 Å². The van der Waals surface area contributed by atoms with Crippen LogP contribution in [0.5, 0.6) is 0 Å². The molecule has 1 aromatic carbocycles. The molecule has 2 fully saturated rings. The summed E-state index contributed by atoms with van der Waals surface area (Å²) in [6, 6.07) is 10.2. The van der Waals surface area contributed by atoms with E-state index in [-0.39, 0.29) is 35.4 Å². The topological polar surface area (TPSA) is 212 Å². The third kappa shape index (κ3) is 7.65. The summed E-state index contributed by atoms with van der Waals surface area (Å²) < 4.78 is 12.1. The number of amides is 4. The second kappa shape index (κ2) is 16.9. The van der Waals surface area contributed by atoms with Gasteiger partial charge in [-0.3, -0.25) is 19.0 Å². The van der Waals surface area contributed by atoms with Gasteiger partial charge in [0.15, 0.2) is 0 Å². The molecule has 0 aliphatic carbocycles. The van der Waals surface area contributed by atoms with Crippen LogP contribution in [0, 0.1) is 5.92 Å². The standard InChI is InChI=1S/C42H46N10O7S/c1-23(2)33(48-41(56)58-3)39(54)51-15-8-12-29(51)37-44-20-27(46-37)25-14-17-50(32(53)18-25)31-22-60-36-26(19-43-35(31)36)28-21-45-38(47-28)30-13-9-16-52(30)40(55)34(49-42(57)59-4)24-10-6-5-7-11-24/h5-7,10-11,14,17-23,29-30,33-34,43H,8-9,12-13,15-16H2,1-4H3,(H,44,46)(H,45,47)(H,48,56)(H,49,57)/t29?,30?,33-,34+/m0/s1. The van der Waals surface area contributed by atoms with Crippen LogP contribution in [0.3, 0.4) is 0 Å². The van der Waals surface area contributed by atoms with Crippen molar-refractivity contribution in [3.05, 3.63) is 100 Å². The van der Waals surface area contributed by atoms with Crippen LogP contribution in [0.25, 0.3) is 38.4 Å². The molecule has 4 atom stereocenters. The number of aromatic amines is 3. The van der Waals surface area contributed by atoms with E-state index in [2.05, 4.69) is 30.6 Å². The number of likely N-dealkylation sites (tertiary alicyclic amines) is 2. The number of carbonyl (C=O) groups is 4. The van der Waals surface area contributed by atoms with Gasteiger partial charge >= 0.3 is 12.2 Å². The first kappa shape index (κ1) is 40.1. The first-order valence-corrected chi connectivity index (χ1v) is 20.7. The number of H-pyrrole nitrogens is 3. The summed E-state index contributed by atoms with van der Waals surface area (Å²) >= 11 is 1.50. The summed E-state index contributed by atoms with van der Waals surface area (Å²) in [5, 5.41) is 7.30. The summed E-state index contributed by atoms with van der Waals surface area (Å²) in [6.45, 7) is 4.79. The van der Waals surface area contributed by atoms with Crippen LogP contribution < -0.4 is 16.2 Å². The lowest BCUT2D eigenvalue weighted by molar-refractivity contribution is -0.135. The largest absolute Gasteiger partial charge is 0.453 e. The smallest absolute Gasteiger partial charge is 0.407 e. The molecule has 2 saturated heterocycles. The number of ether oxygens (including phenoxy) is 2. The number of thiophene rings is 1. The molecule has 312 valence electrons. The fourth-order valence-corrected chi connectivity index (χ4v) is 9.24. The molecule has 17 nitrogen and oxygen atoms in total. The van der Waals surface area contributed by atoms with Crippen LogP contribution in [0.1, 0.15) is 74.9 Å². The summed E-state index contributed by atoms with van der Waals surface area (Å²) in [7, 11) is 2.53. The van der Waals surface area contributed by atoms with E-state index in [1.807, 2.05) is 49.7 Å². The van der Waals surface area contributed by atoms with Gasteiger partial charge in [-0.15, -0.1) is 11.3 Å². The van der Waals surface area contributed by atoms with Gasteiger partial charge in [0.05, 0.1) is 66.0 Å². The van der Waals surface area contributed by atoms with E-state index < -0.39 is 24.3 Å². The van der Waals surface area contributed by atoms with Gasteiger partial charge in [-0.2, -0.15) is 0 Å². The lowest BCUT2D eigenvalue weighted by atomic mass is 10.0. The van der Waals surface area contributed by atoms with E-state index in [4.69, 9.17) is 14.5 Å². The number of rotatable bonds is 11. The average Bonchev–Trinajstić information content (AvgIpc) is 4.11. The summed E-state index contributed by atoms with van der Waals surface area (Å²) in [5.41, 5.74) is 4.83. The molecule has 2 unspecified atom stereocenters. The normalized spacial score (nSPS) is 17.6. The molecule has 0 radical (unpaired) electrons. The Morgan fingerprint density at radius 1 is 0.850 bits per heavy atom. The number of alkyl carbamates (subject to hydrolysis) is 2. The highest BCUT2D eigenvalue weighted by atomic mass is 32.1. The van der Waals surface area contributed by atoms with Gasteiger partial charge in [0.1, 0.15) is 23.7 Å². The molecule has 60 heavy (non-hydrogen) atoms. The molecule has 2 aliphatic heterocycles. The number of pyridine rings is 1. The Labute approximate surface area is 348 Å². The zero-order valence-corrected chi connectivity index (χ0v) is 34.4. The quantitative estimate of drug-likeness (QED) is 0.104. The van der Waals surface area contributed by atoms with Gasteiger partial charge in [-0.25, -0.2) is 19.6 Å². The van der Waals surface area contributed by atoms with Gasteiger partial charge in [0, 0.05) is 48.1 Å². The Bertz CT molecular complexity index is 2590. The molecule has 5 N–H and O–H groups in total. The van der Waals surface area contributed by atoms with Crippen molar-refractivity contribution in [2.75, 3.05) is 27.3 Å². The predicted octanol–water partition coefficient (Wildman–Crippen LogP) is 5.97. The second-order valence-corrected chi connectivity index (χ2v) is 16.1. The second-order valence-electron chi connectivity index (χ2n) is 15.2. The molecule has 6 aromatic rings. The summed E-state index contributed by atoms with van der Waals surface area (Å²) in [5.74, 6) is 0.657. The molecule has 5 aromatic heterocycles. The molecule has 18 heteroatoms. The van der Waals surface area contributed by atoms with E-state index in [9.17, 15) is 24.0 Å². The Morgan fingerprint density at radius 2 is 1.48 bits per heavy atom. The minimum atomic E-state index is -0.918. The number of methoxy groups -OCH3 is 2. The van der Waals surface area contributed by atoms with E-state index in [1.165, 1.54) is 25.6 Å². The Kier molecular flexibility index (Phi) is 11.3. The Balaban J connectivity index is 0.989. The van der Waals surface area contributed by atoms with Crippen LogP contribution >= 0.6 is 11.3 Å². The first-order valence-electron chi connectivity index (χ1n) is 19.8. The van der Waals surface area contributed by atoms with Crippen molar-refractivity contribution in [2.24, 2.45) is 5.92 Å². The zero-order valence-electron chi connectivity index (χ0n) is 33.6. The molecule has 8 rings (SSSR count). The minimum absolute atomic E-state index is 0.150. The highest BCUT2D eigenvalue weighted by molar-refractivity contribution is 7.18. The van der Waals surface area contributed by atoms with Gasteiger partial charge in [0.25, 0.3) is 11.5 Å². The number of nitrogens with zero attached hydrogens (tertiary/aromatic N) is 5. The third-order valence-corrected chi connectivity index (χ3v) is 12.3. The number of carbonyl (C=O) groups excluding carboxylic acids is 4. The maximum absolute atomic E-state index is 14.0. The molecule has 0 bridgehead atoms. The minimum Gasteiger partial charge on any atom is -0.453 e. The fraction of sp³-hybridized carbons (Fsp3) is 0.357. The average molecular weight is 835 g/mol. The van der Waals surface area contributed by atoms with Gasteiger partial charge in [-0.05, 0) is 43.2 Å². The van der Waals surface area contributed by atoms with Crippen LogP contribution in [-0.2, 0) is 19.1 Å². The van der Waals surface area contributed by atoms with E-state index in [0.29, 0.717) is 60.1 Å². The van der Waals surface area contributed by atoms with Crippen molar-refractivity contribution < 1.29 is 28.7 Å². The Morgan fingerprint density at radius 3 is 2.13 bits per heavy atom. The lowest BCUT2D eigenvalue weighted by Gasteiger charge is -2.30. The number of hydrogen-bond donors (Lipinski definition) is 5. The maximum Gasteiger partial charge on any atom is 0.407 e. The SMILES string of the molecule is COC(=O)N[C@H](C(=O)N1CCCC1c1ncc(-c2ccn(-c3csc4c(-c5cnc(C6CCCN6C(=O)[C@H](NC(=O)OC)c6ccccc6)[nH]5)c[nH]c34)c(=O)c2)[nH]1)C(C)C. The fourth-order valence-electron chi connectivity index (χ4n) is 8.20. The van der Waals surface area contributed by atoms with Crippen molar-refractivity contribution in [2.45, 2.75) is 63.7 Å². The number of imidazole rings is 2. The van der Waals surface area contributed by atoms with Crippen molar-refractivity contribution in [3.63, 3.8) is 0 Å². The van der Waals surface area contributed by atoms with Crippen LogP contribution in [0.15, 0.2) is 77.4 Å². The number of hydrogen-bond acceptors (Lipinski definition) is 10. The van der Waals surface area contributed by atoms with Gasteiger partial charge in [0.2, 0.25) is 5.91 Å². The van der Waals surface area contributed by atoms with Gasteiger partial charge < -0.3 is 44.9 Å². The van der Waals surface area contributed by atoms with Crippen LogP contribution in [0.2, 0.25) is 0 Å². The molecule has 0 spiro atoms. The molecular formula is C42H46N10O7S. The number of benzene rings is 1. The number of aromatic nitrogens is 6. The highest BCUT2D eigenvalue weighted by Crippen LogP contribution is 2.39. The molecule has 7 heterocycles. The van der Waals surface area contributed by atoms with Crippen LogP contribution in [-0.4, -0.2) is 96.6 Å². The van der Waals surface area contributed by atoms with Crippen molar-refractivity contribution in [3.8, 4) is 28.2 Å². The van der Waals surface area contributed by atoms with Gasteiger partial charge in [-0.1, -0.05) is 44.2 Å². The Hall–Kier alpha value is -6.69. The molecule has 0 saturated carbocycles. The van der Waals surface area contributed by atoms with Crippen LogP contribution in [0.4, 0.5) is 9.59 Å². The first-order chi connectivity index (χ1) is 29.1. The van der Waals surface area contributed by atoms with E-state index in [1.54, 1.807) is 51.2 Å². The van der Waals surface area contributed by atoms with E-state index >= 15 is 0 Å². The number of fused-ring (bicyclic) bond motifs is 1. The predicted molar refractivity (Wildman–Crippen MR) is 223 cm³/mol. The number of nitrogens with one attached hydrogen (secondary N) is 5. The molecule has 2 aliphatic rings.